The summed E-state index contributed by atoms with van der Waals surface area (Å²) < 4.78 is 0. The van der Waals surface area contributed by atoms with Gasteiger partial charge in [-0.3, -0.25) is 20.0 Å². The van der Waals surface area contributed by atoms with Crippen LogP contribution in [0.15, 0.2) is 60.7 Å². The monoisotopic (exact) mass is 354 g/mol. The van der Waals surface area contributed by atoms with E-state index in [2.05, 4.69) is 0 Å². The van der Waals surface area contributed by atoms with Gasteiger partial charge in [-0.05, 0) is 37.1 Å². The Morgan fingerprint density at radius 3 is 1.38 bits per heavy atom. The summed E-state index contributed by atoms with van der Waals surface area (Å²) >= 11 is 0. The molecule has 0 radical (unpaired) electrons. The minimum Gasteiger partial charge on any atom is -0.285 e. The Balaban J connectivity index is 1.79. The molecule has 0 spiro atoms. The lowest BCUT2D eigenvalue weighted by Gasteiger charge is -2.39. The lowest BCUT2D eigenvalue weighted by atomic mass is 9.89. The third-order valence-corrected chi connectivity index (χ3v) is 4.78. The Hall–Kier alpha value is -2.70. The molecule has 6 heteroatoms. The van der Waals surface area contributed by atoms with Crippen molar-refractivity contribution in [1.29, 1.82) is 0 Å². The van der Waals surface area contributed by atoms with Gasteiger partial charge >= 0.3 is 0 Å². The Labute approximate surface area is 152 Å². The highest BCUT2D eigenvalue weighted by atomic mass is 16.5. The van der Waals surface area contributed by atoms with Gasteiger partial charge in [0.25, 0.3) is 11.8 Å². The molecule has 2 aromatic rings. The van der Waals surface area contributed by atoms with Gasteiger partial charge in [0, 0.05) is 11.1 Å². The molecule has 2 N–H and O–H groups in total. The first kappa shape index (κ1) is 18.1. The molecule has 1 fully saturated rings. The highest BCUT2D eigenvalue weighted by Gasteiger charge is 2.38. The van der Waals surface area contributed by atoms with Crippen molar-refractivity contribution in [1.82, 2.24) is 10.1 Å². The molecule has 26 heavy (non-hydrogen) atoms. The van der Waals surface area contributed by atoms with E-state index in [1.165, 1.54) is 0 Å². The Kier molecular flexibility index (Phi) is 5.65. The maximum Gasteiger partial charge on any atom is 0.277 e. The van der Waals surface area contributed by atoms with Crippen LogP contribution in [0.1, 0.15) is 46.4 Å². The van der Waals surface area contributed by atoms with Crippen LogP contribution in [-0.2, 0) is 0 Å². The second-order valence-electron chi connectivity index (χ2n) is 6.45. The van der Waals surface area contributed by atoms with E-state index >= 15 is 0 Å². The SMILES string of the molecule is O=C(c1ccccc1)N(O)C1CCCCC1N(O)C(=O)c1ccccc1. The van der Waals surface area contributed by atoms with Gasteiger partial charge in [0.2, 0.25) is 0 Å². The first-order valence-electron chi connectivity index (χ1n) is 8.74. The Morgan fingerprint density at radius 1 is 0.692 bits per heavy atom. The normalized spacial score (nSPS) is 19.6. The molecule has 1 saturated carbocycles. The molecule has 1 aliphatic rings. The van der Waals surface area contributed by atoms with Crippen molar-refractivity contribution in [3.63, 3.8) is 0 Å². The Morgan fingerprint density at radius 2 is 1.04 bits per heavy atom. The number of amides is 2. The second kappa shape index (κ2) is 8.12. The number of rotatable bonds is 4. The second-order valence-corrected chi connectivity index (χ2v) is 6.45. The number of benzene rings is 2. The van der Waals surface area contributed by atoms with E-state index < -0.39 is 23.9 Å². The van der Waals surface area contributed by atoms with E-state index in [1.807, 2.05) is 0 Å². The highest BCUT2D eigenvalue weighted by Crippen LogP contribution is 2.27. The van der Waals surface area contributed by atoms with E-state index in [9.17, 15) is 20.0 Å². The largest absolute Gasteiger partial charge is 0.285 e. The minimum absolute atomic E-state index is 0.359. The summed E-state index contributed by atoms with van der Waals surface area (Å²) in [5.74, 6) is -1.08. The van der Waals surface area contributed by atoms with Crippen LogP contribution in [-0.4, -0.2) is 44.4 Å². The molecule has 0 heterocycles. The van der Waals surface area contributed by atoms with Crippen LogP contribution in [0.25, 0.3) is 0 Å². The van der Waals surface area contributed by atoms with Gasteiger partial charge in [-0.15, -0.1) is 0 Å². The molecule has 2 unspecified atom stereocenters. The molecule has 0 bridgehead atoms. The standard InChI is InChI=1S/C20H22N2O4/c23-19(15-9-3-1-4-10-15)21(25)17-13-7-8-14-18(17)22(26)20(24)16-11-5-2-6-12-16/h1-6,9-12,17-18,25-26H,7-8,13-14H2. The summed E-state index contributed by atoms with van der Waals surface area (Å²) in [6.07, 6.45) is 2.65. The van der Waals surface area contributed by atoms with Crippen LogP contribution >= 0.6 is 0 Å². The summed E-state index contributed by atoms with van der Waals surface area (Å²) in [6.45, 7) is 0. The van der Waals surface area contributed by atoms with Crippen LogP contribution in [0.4, 0.5) is 0 Å². The molecule has 2 aromatic carbocycles. The molecule has 0 aliphatic heterocycles. The number of carbonyl (C=O) groups is 2. The zero-order valence-electron chi connectivity index (χ0n) is 14.4. The van der Waals surface area contributed by atoms with Crippen molar-refractivity contribution in [2.24, 2.45) is 0 Å². The van der Waals surface area contributed by atoms with Crippen molar-refractivity contribution < 1.29 is 20.0 Å². The predicted octanol–water partition coefficient (Wildman–Crippen LogP) is 3.36. The summed E-state index contributed by atoms with van der Waals surface area (Å²) in [7, 11) is 0. The Bertz CT molecular complexity index is 685. The molecule has 3 rings (SSSR count). The topological polar surface area (TPSA) is 81.1 Å². The zero-order valence-corrected chi connectivity index (χ0v) is 14.4. The van der Waals surface area contributed by atoms with Gasteiger partial charge < -0.3 is 0 Å². The number of hydroxylamine groups is 4. The molecule has 0 saturated heterocycles. The molecule has 6 nitrogen and oxygen atoms in total. The average Bonchev–Trinajstić information content (AvgIpc) is 2.73. The lowest BCUT2D eigenvalue weighted by molar-refractivity contribution is -0.163. The van der Waals surface area contributed by atoms with Crippen molar-refractivity contribution in [2.75, 3.05) is 0 Å². The van der Waals surface area contributed by atoms with Crippen molar-refractivity contribution in [3.05, 3.63) is 71.8 Å². The summed E-state index contributed by atoms with van der Waals surface area (Å²) in [6, 6.07) is 15.6. The van der Waals surface area contributed by atoms with Crippen molar-refractivity contribution in [3.8, 4) is 0 Å². The summed E-state index contributed by atoms with van der Waals surface area (Å²) in [4.78, 5) is 25.1. The van der Waals surface area contributed by atoms with E-state index in [4.69, 9.17) is 0 Å². The van der Waals surface area contributed by atoms with Gasteiger partial charge in [-0.2, -0.15) is 0 Å². The predicted molar refractivity (Wildman–Crippen MR) is 94.8 cm³/mol. The third kappa shape index (κ3) is 3.76. The van der Waals surface area contributed by atoms with Gasteiger partial charge in [-0.25, -0.2) is 10.1 Å². The van der Waals surface area contributed by atoms with E-state index in [-0.39, 0.29) is 0 Å². The number of hydrogen-bond acceptors (Lipinski definition) is 4. The summed E-state index contributed by atoms with van der Waals surface area (Å²) in [5.41, 5.74) is 0.719. The average molecular weight is 354 g/mol. The smallest absolute Gasteiger partial charge is 0.277 e. The van der Waals surface area contributed by atoms with Crippen molar-refractivity contribution in [2.45, 2.75) is 37.8 Å². The first-order valence-corrected chi connectivity index (χ1v) is 8.74. The number of nitrogens with zero attached hydrogens (tertiary/aromatic N) is 2. The van der Waals surface area contributed by atoms with Crippen LogP contribution in [0.5, 0.6) is 0 Å². The first-order chi connectivity index (χ1) is 12.6. The lowest BCUT2D eigenvalue weighted by Crippen LogP contribution is -2.54. The maximum absolute atomic E-state index is 12.5. The molecule has 1 aliphatic carbocycles. The van der Waals surface area contributed by atoms with E-state index in [0.29, 0.717) is 34.1 Å². The molecule has 2 atom stereocenters. The van der Waals surface area contributed by atoms with E-state index in [1.54, 1.807) is 60.7 Å². The third-order valence-electron chi connectivity index (χ3n) is 4.78. The van der Waals surface area contributed by atoms with Gasteiger partial charge in [0.15, 0.2) is 0 Å². The van der Waals surface area contributed by atoms with E-state index in [0.717, 1.165) is 12.8 Å². The number of hydrogen-bond donors (Lipinski definition) is 2. The van der Waals surface area contributed by atoms with Crippen LogP contribution < -0.4 is 0 Å². The highest BCUT2D eigenvalue weighted by molar-refractivity contribution is 5.94. The molecular formula is C20H22N2O4. The minimum atomic E-state index is -0.658. The van der Waals surface area contributed by atoms with Crippen LogP contribution in [0, 0.1) is 0 Å². The quantitative estimate of drug-likeness (QED) is 0.652. The van der Waals surface area contributed by atoms with Gasteiger partial charge in [0.1, 0.15) is 0 Å². The van der Waals surface area contributed by atoms with Gasteiger partial charge in [0.05, 0.1) is 12.1 Å². The maximum atomic E-state index is 12.5. The fourth-order valence-corrected chi connectivity index (χ4v) is 3.39. The molecule has 136 valence electrons. The van der Waals surface area contributed by atoms with Crippen LogP contribution in [0.3, 0.4) is 0 Å². The van der Waals surface area contributed by atoms with Crippen molar-refractivity contribution >= 4 is 11.8 Å². The molecule has 0 aromatic heterocycles. The number of carbonyl (C=O) groups excluding carboxylic acids is 2. The fourth-order valence-electron chi connectivity index (χ4n) is 3.39. The molecule has 2 amide bonds. The zero-order chi connectivity index (χ0) is 18.5. The van der Waals surface area contributed by atoms with Gasteiger partial charge in [-0.1, -0.05) is 49.2 Å². The fraction of sp³-hybridized carbons (Fsp3) is 0.300. The van der Waals surface area contributed by atoms with Crippen LogP contribution in [0.2, 0.25) is 0 Å². The molecular weight excluding hydrogens is 332 g/mol. The summed E-state index contributed by atoms with van der Waals surface area (Å²) in [5, 5.41) is 22.3.